The molecule has 70 valence electrons. The van der Waals surface area contributed by atoms with Gasteiger partial charge in [0, 0.05) is 10.6 Å². The molecular formula is C10H10ClFO. The highest BCUT2D eigenvalue weighted by Crippen LogP contribution is 2.26. The van der Waals surface area contributed by atoms with Crippen LogP contribution in [0.2, 0.25) is 5.02 Å². The molecule has 0 aliphatic carbocycles. The largest absolute Gasteiger partial charge is 0.384 e. The van der Waals surface area contributed by atoms with Crippen LogP contribution in [0.15, 0.2) is 30.4 Å². The van der Waals surface area contributed by atoms with Gasteiger partial charge >= 0.3 is 0 Å². The standard InChI is InChI=1S/C10H10ClFO/c1-2-4-9(13)10-7(11)5-3-6-8(10)12/h2-6,9,13H,1H3/b4-2+. The van der Waals surface area contributed by atoms with Crippen LogP contribution in [0.3, 0.4) is 0 Å². The Morgan fingerprint density at radius 3 is 2.77 bits per heavy atom. The van der Waals surface area contributed by atoms with Crippen molar-refractivity contribution in [2.45, 2.75) is 13.0 Å². The van der Waals surface area contributed by atoms with E-state index in [0.717, 1.165) is 0 Å². The van der Waals surface area contributed by atoms with Crippen LogP contribution in [0, 0.1) is 5.82 Å². The van der Waals surface area contributed by atoms with Gasteiger partial charge in [-0.15, -0.1) is 0 Å². The maximum absolute atomic E-state index is 13.1. The van der Waals surface area contributed by atoms with Crippen molar-refractivity contribution in [1.29, 1.82) is 0 Å². The Kier molecular flexibility index (Phi) is 3.46. The van der Waals surface area contributed by atoms with E-state index in [1.807, 2.05) is 0 Å². The first-order valence-corrected chi connectivity index (χ1v) is 4.29. The minimum absolute atomic E-state index is 0.127. The van der Waals surface area contributed by atoms with E-state index in [4.69, 9.17) is 11.6 Å². The minimum Gasteiger partial charge on any atom is -0.384 e. The lowest BCUT2D eigenvalue weighted by Gasteiger charge is -2.08. The van der Waals surface area contributed by atoms with E-state index in [1.165, 1.54) is 18.2 Å². The summed E-state index contributed by atoms with van der Waals surface area (Å²) in [4.78, 5) is 0. The van der Waals surface area contributed by atoms with Crippen LogP contribution in [0.1, 0.15) is 18.6 Å². The molecule has 0 amide bonds. The molecule has 0 saturated heterocycles. The summed E-state index contributed by atoms with van der Waals surface area (Å²) in [5.74, 6) is -0.488. The summed E-state index contributed by atoms with van der Waals surface area (Å²) >= 11 is 5.73. The predicted octanol–water partition coefficient (Wildman–Crippen LogP) is 3.09. The van der Waals surface area contributed by atoms with Crippen molar-refractivity contribution in [2.75, 3.05) is 0 Å². The Morgan fingerprint density at radius 2 is 2.23 bits per heavy atom. The zero-order valence-corrected chi connectivity index (χ0v) is 7.92. The summed E-state index contributed by atoms with van der Waals surface area (Å²) in [6, 6.07) is 4.32. The van der Waals surface area contributed by atoms with Gasteiger partial charge in [-0.1, -0.05) is 29.8 Å². The third kappa shape index (κ3) is 2.29. The quantitative estimate of drug-likeness (QED) is 0.728. The fourth-order valence-corrected chi connectivity index (χ4v) is 1.35. The normalized spacial score (nSPS) is 13.5. The summed E-state index contributed by atoms with van der Waals surface area (Å²) in [6.45, 7) is 1.75. The lowest BCUT2D eigenvalue weighted by atomic mass is 10.1. The highest BCUT2D eigenvalue weighted by molar-refractivity contribution is 6.31. The maximum atomic E-state index is 13.1. The van der Waals surface area contributed by atoms with Gasteiger partial charge in [0.05, 0.1) is 0 Å². The summed E-state index contributed by atoms with van der Waals surface area (Å²) < 4.78 is 13.1. The van der Waals surface area contributed by atoms with Crippen molar-refractivity contribution in [1.82, 2.24) is 0 Å². The molecule has 1 rings (SSSR count). The smallest absolute Gasteiger partial charge is 0.130 e. The van der Waals surface area contributed by atoms with Crippen LogP contribution in [0.4, 0.5) is 4.39 Å². The third-order valence-electron chi connectivity index (χ3n) is 1.67. The second-order valence-electron chi connectivity index (χ2n) is 2.61. The third-order valence-corrected chi connectivity index (χ3v) is 2.00. The topological polar surface area (TPSA) is 20.2 Å². The predicted molar refractivity (Wildman–Crippen MR) is 51.2 cm³/mol. The van der Waals surface area contributed by atoms with Gasteiger partial charge in [-0.3, -0.25) is 0 Å². The second kappa shape index (κ2) is 4.40. The van der Waals surface area contributed by atoms with Gasteiger partial charge in [0.2, 0.25) is 0 Å². The van der Waals surface area contributed by atoms with E-state index in [2.05, 4.69) is 0 Å². The SMILES string of the molecule is C/C=C/C(O)c1c(F)cccc1Cl. The number of rotatable bonds is 2. The van der Waals surface area contributed by atoms with E-state index in [-0.39, 0.29) is 10.6 Å². The highest BCUT2D eigenvalue weighted by atomic mass is 35.5. The van der Waals surface area contributed by atoms with E-state index in [0.29, 0.717) is 0 Å². The average Bonchev–Trinajstić information content (AvgIpc) is 2.04. The molecule has 1 unspecified atom stereocenters. The molecule has 1 aromatic rings. The molecule has 0 radical (unpaired) electrons. The minimum atomic E-state index is -0.973. The number of benzene rings is 1. The van der Waals surface area contributed by atoms with Crippen molar-refractivity contribution in [3.05, 3.63) is 46.8 Å². The van der Waals surface area contributed by atoms with Crippen molar-refractivity contribution in [2.24, 2.45) is 0 Å². The number of hydrogen-bond acceptors (Lipinski definition) is 1. The van der Waals surface area contributed by atoms with Crippen LogP contribution >= 0.6 is 11.6 Å². The number of allylic oxidation sites excluding steroid dienone is 1. The van der Waals surface area contributed by atoms with Crippen LogP contribution in [-0.4, -0.2) is 5.11 Å². The summed E-state index contributed by atoms with van der Waals surface area (Å²) in [6.07, 6.45) is 2.15. The molecule has 0 heterocycles. The highest BCUT2D eigenvalue weighted by Gasteiger charge is 2.12. The molecule has 3 heteroatoms. The van der Waals surface area contributed by atoms with Crippen LogP contribution in [0.25, 0.3) is 0 Å². The van der Waals surface area contributed by atoms with Crippen molar-refractivity contribution >= 4 is 11.6 Å². The number of aliphatic hydroxyl groups excluding tert-OH is 1. The molecule has 0 fully saturated rings. The molecule has 1 nitrogen and oxygen atoms in total. The van der Waals surface area contributed by atoms with Crippen molar-refractivity contribution < 1.29 is 9.50 Å². The van der Waals surface area contributed by atoms with E-state index >= 15 is 0 Å². The maximum Gasteiger partial charge on any atom is 0.130 e. The van der Waals surface area contributed by atoms with Gasteiger partial charge < -0.3 is 5.11 Å². The Bertz CT molecular complexity index is 302. The average molecular weight is 201 g/mol. The molecule has 0 saturated carbocycles. The fraction of sp³-hybridized carbons (Fsp3) is 0.200. The number of halogens is 2. The number of aliphatic hydroxyl groups is 1. The molecule has 1 atom stereocenters. The first-order valence-electron chi connectivity index (χ1n) is 3.91. The Hall–Kier alpha value is -0.860. The molecule has 0 aliphatic heterocycles. The molecule has 1 aromatic carbocycles. The van der Waals surface area contributed by atoms with E-state index < -0.39 is 11.9 Å². The molecule has 0 spiro atoms. The van der Waals surface area contributed by atoms with Gasteiger partial charge in [-0.05, 0) is 19.1 Å². The van der Waals surface area contributed by atoms with E-state index in [9.17, 15) is 9.50 Å². The van der Waals surface area contributed by atoms with Crippen LogP contribution < -0.4 is 0 Å². The monoisotopic (exact) mass is 200 g/mol. The summed E-state index contributed by atoms with van der Waals surface area (Å²) in [5, 5.41) is 9.71. The molecule has 0 aliphatic rings. The fourth-order valence-electron chi connectivity index (χ4n) is 1.07. The molecular weight excluding hydrogens is 191 g/mol. The number of hydrogen-bond donors (Lipinski definition) is 1. The van der Waals surface area contributed by atoms with Gasteiger partial charge in [-0.25, -0.2) is 4.39 Å². The first kappa shape index (κ1) is 10.2. The van der Waals surface area contributed by atoms with Crippen LogP contribution in [-0.2, 0) is 0 Å². The van der Waals surface area contributed by atoms with Crippen molar-refractivity contribution in [3.63, 3.8) is 0 Å². The Morgan fingerprint density at radius 1 is 1.54 bits per heavy atom. The second-order valence-corrected chi connectivity index (χ2v) is 3.01. The summed E-state index contributed by atoms with van der Waals surface area (Å²) in [5.41, 5.74) is 0.127. The lowest BCUT2D eigenvalue weighted by molar-refractivity contribution is 0.223. The lowest BCUT2D eigenvalue weighted by Crippen LogP contribution is -1.98. The first-order chi connectivity index (χ1) is 6.16. The zero-order valence-electron chi connectivity index (χ0n) is 7.17. The van der Waals surface area contributed by atoms with Gasteiger partial charge in [0.15, 0.2) is 0 Å². The Balaban J connectivity index is 3.12. The Labute approximate surface area is 81.5 Å². The van der Waals surface area contributed by atoms with Crippen LogP contribution in [0.5, 0.6) is 0 Å². The van der Waals surface area contributed by atoms with Crippen molar-refractivity contribution in [3.8, 4) is 0 Å². The molecule has 0 aromatic heterocycles. The molecule has 13 heavy (non-hydrogen) atoms. The van der Waals surface area contributed by atoms with Gasteiger partial charge in [0.1, 0.15) is 11.9 Å². The molecule has 0 bridgehead atoms. The summed E-state index contributed by atoms with van der Waals surface area (Å²) in [7, 11) is 0. The zero-order chi connectivity index (χ0) is 9.84. The van der Waals surface area contributed by atoms with E-state index in [1.54, 1.807) is 19.1 Å². The van der Waals surface area contributed by atoms with Gasteiger partial charge in [-0.2, -0.15) is 0 Å². The molecule has 1 N–H and O–H groups in total. The van der Waals surface area contributed by atoms with Gasteiger partial charge in [0.25, 0.3) is 0 Å².